The van der Waals surface area contributed by atoms with Crippen molar-refractivity contribution in [3.05, 3.63) is 28.6 Å². The van der Waals surface area contributed by atoms with E-state index in [1.165, 1.54) is 18.1 Å². The van der Waals surface area contributed by atoms with Gasteiger partial charge in [0.25, 0.3) is 0 Å². The van der Waals surface area contributed by atoms with E-state index in [1.807, 2.05) is 26.1 Å². The quantitative estimate of drug-likeness (QED) is 0.850. The summed E-state index contributed by atoms with van der Waals surface area (Å²) in [7, 11) is 1.86. The van der Waals surface area contributed by atoms with Gasteiger partial charge in [-0.2, -0.15) is 5.10 Å². The van der Waals surface area contributed by atoms with Crippen molar-refractivity contribution in [1.82, 2.24) is 19.7 Å². The predicted octanol–water partition coefficient (Wildman–Crippen LogP) is 2.43. The van der Waals surface area contributed by atoms with Gasteiger partial charge in [0.2, 0.25) is 0 Å². The molecule has 15 heavy (non-hydrogen) atoms. The Hall–Kier alpha value is -0.880. The molecule has 0 bridgehead atoms. The van der Waals surface area contributed by atoms with Crippen LogP contribution in [0.25, 0.3) is 0 Å². The van der Waals surface area contributed by atoms with Crippen molar-refractivity contribution in [3.63, 3.8) is 0 Å². The number of aromatic nitrogens is 4. The lowest BCUT2D eigenvalue weighted by Gasteiger charge is -2.02. The van der Waals surface area contributed by atoms with Crippen molar-refractivity contribution < 1.29 is 0 Å². The van der Waals surface area contributed by atoms with E-state index in [-0.39, 0.29) is 0 Å². The second-order valence-corrected chi connectivity index (χ2v) is 4.83. The van der Waals surface area contributed by atoms with Gasteiger partial charge >= 0.3 is 0 Å². The molecule has 0 aliphatic rings. The highest BCUT2D eigenvalue weighted by Crippen LogP contribution is 2.25. The monoisotopic (exact) mass is 284 g/mol. The molecule has 0 aliphatic carbocycles. The van der Waals surface area contributed by atoms with Crippen LogP contribution in [0.3, 0.4) is 0 Å². The van der Waals surface area contributed by atoms with E-state index in [0.717, 1.165) is 20.3 Å². The number of nitrogens with zero attached hydrogens (tertiary/aromatic N) is 4. The second kappa shape index (κ2) is 4.32. The maximum atomic E-state index is 4.42. The predicted molar refractivity (Wildman–Crippen MR) is 61.8 cm³/mol. The minimum Gasteiger partial charge on any atom is -0.245 e. The van der Waals surface area contributed by atoms with E-state index < -0.39 is 0 Å². The number of hydrogen-bond acceptors (Lipinski definition) is 4. The van der Waals surface area contributed by atoms with Crippen LogP contribution in [0.4, 0.5) is 0 Å². The van der Waals surface area contributed by atoms with E-state index in [0.29, 0.717) is 0 Å². The molecule has 0 aromatic carbocycles. The molecule has 0 saturated heterocycles. The summed E-state index contributed by atoms with van der Waals surface area (Å²) < 4.78 is 2.74. The number of aryl methyl sites for hydroxylation is 2. The highest BCUT2D eigenvalue weighted by atomic mass is 79.9. The van der Waals surface area contributed by atoms with Crippen LogP contribution in [0.2, 0.25) is 0 Å². The van der Waals surface area contributed by atoms with E-state index in [2.05, 4.69) is 31.0 Å². The van der Waals surface area contributed by atoms with Crippen LogP contribution in [0.15, 0.2) is 33.1 Å². The molecule has 78 valence electrons. The first-order valence-corrected chi connectivity index (χ1v) is 5.93. The Balaban J connectivity index is 2.25. The zero-order valence-corrected chi connectivity index (χ0v) is 10.7. The number of pyridine rings is 1. The van der Waals surface area contributed by atoms with Crippen LogP contribution in [-0.4, -0.2) is 19.7 Å². The summed E-state index contributed by atoms with van der Waals surface area (Å²) in [6, 6.07) is 3.94. The average molecular weight is 285 g/mol. The summed E-state index contributed by atoms with van der Waals surface area (Å²) in [6.07, 6.45) is 1.54. The van der Waals surface area contributed by atoms with Gasteiger partial charge in [-0.15, -0.1) is 0 Å². The number of rotatable bonds is 2. The van der Waals surface area contributed by atoms with E-state index in [9.17, 15) is 0 Å². The molecule has 2 heterocycles. The Morgan fingerprint density at radius 1 is 1.40 bits per heavy atom. The average Bonchev–Trinajstić information content (AvgIpc) is 2.59. The largest absolute Gasteiger partial charge is 0.245 e. The fraction of sp³-hybridized carbons (Fsp3) is 0.222. The Bertz CT molecular complexity index is 483. The maximum absolute atomic E-state index is 4.42. The molecule has 2 aromatic rings. The van der Waals surface area contributed by atoms with Gasteiger partial charge in [-0.25, -0.2) is 14.6 Å². The number of hydrogen-bond donors (Lipinski definition) is 0. The first-order chi connectivity index (χ1) is 7.16. The van der Waals surface area contributed by atoms with Crippen LogP contribution >= 0.6 is 27.7 Å². The van der Waals surface area contributed by atoms with Crippen LogP contribution in [0.1, 0.15) is 5.69 Å². The minimum atomic E-state index is 0.837. The van der Waals surface area contributed by atoms with Gasteiger partial charge in [0.05, 0.1) is 5.69 Å². The van der Waals surface area contributed by atoms with Gasteiger partial charge in [-0.1, -0.05) is 0 Å². The fourth-order valence-corrected chi connectivity index (χ4v) is 2.06. The third-order valence-electron chi connectivity index (χ3n) is 1.86. The SMILES string of the molecule is Cc1nc(Sc2ncnn2C)ccc1Br. The lowest BCUT2D eigenvalue weighted by atomic mass is 10.4. The van der Waals surface area contributed by atoms with Gasteiger partial charge in [0.15, 0.2) is 5.16 Å². The molecule has 2 rings (SSSR count). The first kappa shape index (κ1) is 10.6. The third kappa shape index (κ3) is 2.38. The molecule has 0 radical (unpaired) electrons. The zero-order valence-electron chi connectivity index (χ0n) is 8.31. The lowest BCUT2D eigenvalue weighted by molar-refractivity contribution is 0.684. The standard InChI is InChI=1S/C9H9BrN4S/c1-6-7(10)3-4-8(13-6)15-9-11-5-12-14(9)2/h3-5H,1-2H3. The summed E-state index contributed by atoms with van der Waals surface area (Å²) in [4.78, 5) is 8.55. The molecular weight excluding hydrogens is 276 g/mol. The summed E-state index contributed by atoms with van der Waals surface area (Å²) in [5.41, 5.74) is 0.974. The van der Waals surface area contributed by atoms with Gasteiger partial charge in [-0.05, 0) is 46.7 Å². The van der Waals surface area contributed by atoms with Crippen molar-refractivity contribution >= 4 is 27.7 Å². The highest BCUT2D eigenvalue weighted by Gasteiger charge is 2.05. The molecule has 0 N–H and O–H groups in total. The van der Waals surface area contributed by atoms with Gasteiger partial charge in [-0.3, -0.25) is 0 Å². The summed E-state index contributed by atoms with van der Waals surface area (Å²) >= 11 is 4.92. The maximum Gasteiger partial charge on any atom is 0.192 e. The molecule has 0 aliphatic heterocycles. The van der Waals surface area contributed by atoms with Crippen LogP contribution in [0, 0.1) is 6.92 Å². The van der Waals surface area contributed by atoms with E-state index >= 15 is 0 Å². The van der Waals surface area contributed by atoms with E-state index in [1.54, 1.807) is 4.68 Å². The summed E-state index contributed by atoms with van der Waals surface area (Å²) in [5.74, 6) is 0. The van der Waals surface area contributed by atoms with Crippen molar-refractivity contribution in [2.24, 2.45) is 7.05 Å². The molecule has 0 amide bonds. The van der Waals surface area contributed by atoms with Crippen molar-refractivity contribution in [3.8, 4) is 0 Å². The normalized spacial score (nSPS) is 10.6. The summed E-state index contributed by atoms with van der Waals surface area (Å²) in [6.45, 7) is 1.96. The molecular formula is C9H9BrN4S. The number of halogens is 1. The minimum absolute atomic E-state index is 0.837. The smallest absolute Gasteiger partial charge is 0.192 e. The Kier molecular flexibility index (Phi) is 3.06. The third-order valence-corrected chi connectivity index (χ3v) is 3.69. The molecule has 0 spiro atoms. The lowest BCUT2D eigenvalue weighted by Crippen LogP contribution is -1.93. The Morgan fingerprint density at radius 3 is 2.80 bits per heavy atom. The molecule has 0 fully saturated rings. The molecule has 2 aromatic heterocycles. The van der Waals surface area contributed by atoms with Gasteiger partial charge in [0, 0.05) is 11.5 Å². The molecule has 4 nitrogen and oxygen atoms in total. The highest BCUT2D eigenvalue weighted by molar-refractivity contribution is 9.10. The molecule has 0 unspecified atom stereocenters. The molecule has 0 saturated carbocycles. The van der Waals surface area contributed by atoms with E-state index in [4.69, 9.17) is 0 Å². The summed E-state index contributed by atoms with van der Waals surface area (Å²) in [5, 5.41) is 5.76. The van der Waals surface area contributed by atoms with Crippen LogP contribution in [0.5, 0.6) is 0 Å². The molecule has 6 heteroatoms. The van der Waals surface area contributed by atoms with Crippen molar-refractivity contribution in [1.29, 1.82) is 0 Å². The fourth-order valence-electron chi connectivity index (χ4n) is 1.05. The topological polar surface area (TPSA) is 43.6 Å². The first-order valence-electron chi connectivity index (χ1n) is 4.32. The van der Waals surface area contributed by atoms with Gasteiger partial charge in [0.1, 0.15) is 11.4 Å². The van der Waals surface area contributed by atoms with Crippen molar-refractivity contribution in [2.45, 2.75) is 17.1 Å². The second-order valence-electron chi connectivity index (χ2n) is 2.99. The van der Waals surface area contributed by atoms with Crippen molar-refractivity contribution in [2.75, 3.05) is 0 Å². The van der Waals surface area contributed by atoms with Crippen LogP contribution in [-0.2, 0) is 7.05 Å². The van der Waals surface area contributed by atoms with Gasteiger partial charge < -0.3 is 0 Å². The van der Waals surface area contributed by atoms with Crippen LogP contribution < -0.4 is 0 Å². The Labute approximate surface area is 100 Å². The molecule has 0 atom stereocenters. The Morgan fingerprint density at radius 2 is 2.20 bits per heavy atom. The zero-order chi connectivity index (χ0) is 10.8.